The van der Waals surface area contributed by atoms with Crippen LogP contribution in [0.4, 0.5) is 11.5 Å². The van der Waals surface area contributed by atoms with Crippen molar-refractivity contribution in [3.05, 3.63) is 66.5 Å². The van der Waals surface area contributed by atoms with Gasteiger partial charge in [-0.25, -0.2) is 0 Å². The summed E-state index contributed by atoms with van der Waals surface area (Å²) < 4.78 is 0. The highest BCUT2D eigenvalue weighted by molar-refractivity contribution is 5.92. The number of aromatic nitrogens is 3. The number of hydrogen-bond acceptors (Lipinski definition) is 5. The molecule has 0 aliphatic carbocycles. The quantitative estimate of drug-likeness (QED) is 0.604. The maximum Gasteiger partial charge on any atom is 0.227 e. The van der Waals surface area contributed by atoms with Crippen LogP contribution >= 0.6 is 0 Å². The van der Waals surface area contributed by atoms with Gasteiger partial charge in [-0.2, -0.15) is 0 Å². The lowest BCUT2D eigenvalue weighted by Crippen LogP contribution is -2.38. The molecule has 0 spiro atoms. The summed E-state index contributed by atoms with van der Waals surface area (Å²) in [5.74, 6) is 0.992. The van der Waals surface area contributed by atoms with Crippen molar-refractivity contribution in [3.63, 3.8) is 0 Å². The van der Waals surface area contributed by atoms with Crippen LogP contribution in [-0.2, 0) is 11.2 Å². The zero-order valence-electron chi connectivity index (χ0n) is 18.0. The Bertz CT molecular complexity index is 965. The van der Waals surface area contributed by atoms with Crippen LogP contribution in [0.1, 0.15) is 38.2 Å². The van der Waals surface area contributed by atoms with Crippen LogP contribution in [0, 0.1) is 5.92 Å². The first kappa shape index (κ1) is 21.0. The Morgan fingerprint density at radius 2 is 1.87 bits per heavy atom. The van der Waals surface area contributed by atoms with Gasteiger partial charge in [0, 0.05) is 42.7 Å². The predicted molar refractivity (Wildman–Crippen MR) is 124 cm³/mol. The molecule has 3 aromatic rings. The van der Waals surface area contributed by atoms with Crippen molar-refractivity contribution in [1.29, 1.82) is 0 Å². The number of amides is 1. The molecule has 1 aromatic carbocycles. The Labute approximate surface area is 183 Å². The summed E-state index contributed by atoms with van der Waals surface area (Å²) in [6.07, 6.45) is 8.63. The molecule has 1 aliphatic rings. The van der Waals surface area contributed by atoms with Gasteiger partial charge >= 0.3 is 0 Å². The number of aryl methyl sites for hydroxylation is 1. The lowest BCUT2D eigenvalue weighted by atomic mass is 9.95. The largest absolute Gasteiger partial charge is 0.355 e. The van der Waals surface area contributed by atoms with E-state index in [1.54, 1.807) is 12.4 Å². The van der Waals surface area contributed by atoms with E-state index in [0.29, 0.717) is 0 Å². The molecule has 1 fully saturated rings. The van der Waals surface area contributed by atoms with E-state index >= 15 is 0 Å². The minimum absolute atomic E-state index is 0.0265. The standard InChI is InChI=1S/C25H29N5O/c1-2-3-5-19-7-9-22(10-8-19)27-25(31)20-13-16-30(17-14-20)24-12-11-23(28-29-24)21-6-4-15-26-18-21/h4,6-12,15,18,20H,2-3,5,13-14,16-17H2,1H3,(H,27,31). The highest BCUT2D eigenvalue weighted by Gasteiger charge is 2.26. The zero-order valence-corrected chi connectivity index (χ0v) is 18.0. The van der Waals surface area contributed by atoms with Crippen LogP contribution in [-0.4, -0.2) is 34.2 Å². The molecule has 0 unspecified atom stereocenters. The summed E-state index contributed by atoms with van der Waals surface area (Å²) in [4.78, 5) is 19.0. The van der Waals surface area contributed by atoms with Crippen molar-refractivity contribution in [1.82, 2.24) is 15.2 Å². The molecule has 4 rings (SSSR count). The molecule has 0 atom stereocenters. The summed E-state index contributed by atoms with van der Waals surface area (Å²) >= 11 is 0. The highest BCUT2D eigenvalue weighted by Crippen LogP contribution is 2.24. The van der Waals surface area contributed by atoms with E-state index in [1.165, 1.54) is 18.4 Å². The van der Waals surface area contributed by atoms with Gasteiger partial charge in [0.1, 0.15) is 0 Å². The van der Waals surface area contributed by atoms with Crippen LogP contribution < -0.4 is 10.2 Å². The van der Waals surface area contributed by atoms with Crippen molar-refractivity contribution in [2.45, 2.75) is 39.0 Å². The first-order valence-corrected chi connectivity index (χ1v) is 11.1. The number of anilines is 2. The van der Waals surface area contributed by atoms with E-state index in [2.05, 4.69) is 44.5 Å². The van der Waals surface area contributed by atoms with Gasteiger partial charge in [0.05, 0.1) is 5.69 Å². The van der Waals surface area contributed by atoms with Gasteiger partial charge in [-0.15, -0.1) is 10.2 Å². The summed E-state index contributed by atoms with van der Waals surface area (Å²) in [6, 6.07) is 16.1. The summed E-state index contributed by atoms with van der Waals surface area (Å²) in [6.45, 7) is 3.80. The van der Waals surface area contributed by atoms with Crippen molar-refractivity contribution in [2.24, 2.45) is 5.92 Å². The normalized spacial score (nSPS) is 14.4. The van der Waals surface area contributed by atoms with Crippen molar-refractivity contribution >= 4 is 17.4 Å². The molecule has 31 heavy (non-hydrogen) atoms. The topological polar surface area (TPSA) is 71.0 Å². The number of pyridine rings is 1. The average molecular weight is 416 g/mol. The number of carbonyl (C=O) groups is 1. The zero-order chi connectivity index (χ0) is 21.5. The maximum absolute atomic E-state index is 12.7. The molecule has 1 amide bonds. The van der Waals surface area contributed by atoms with Crippen LogP contribution in [0.15, 0.2) is 60.9 Å². The lowest BCUT2D eigenvalue weighted by molar-refractivity contribution is -0.120. The number of nitrogens with zero attached hydrogens (tertiary/aromatic N) is 4. The molecular weight excluding hydrogens is 386 g/mol. The first-order chi connectivity index (χ1) is 15.2. The van der Waals surface area contributed by atoms with Gasteiger partial charge in [0.15, 0.2) is 5.82 Å². The maximum atomic E-state index is 12.7. The molecule has 0 radical (unpaired) electrons. The highest BCUT2D eigenvalue weighted by atomic mass is 16.1. The first-order valence-electron chi connectivity index (χ1n) is 11.1. The minimum atomic E-state index is 0.0265. The molecule has 6 nitrogen and oxygen atoms in total. The number of benzene rings is 1. The van der Waals surface area contributed by atoms with E-state index in [0.717, 1.165) is 55.1 Å². The van der Waals surface area contributed by atoms with Crippen molar-refractivity contribution in [3.8, 4) is 11.3 Å². The molecule has 1 N–H and O–H groups in total. The Balaban J connectivity index is 1.28. The van der Waals surface area contributed by atoms with Crippen LogP contribution in [0.2, 0.25) is 0 Å². The lowest BCUT2D eigenvalue weighted by Gasteiger charge is -2.31. The molecule has 6 heteroatoms. The number of rotatable bonds is 7. The van der Waals surface area contributed by atoms with Gasteiger partial charge < -0.3 is 10.2 Å². The molecule has 0 saturated carbocycles. The smallest absolute Gasteiger partial charge is 0.227 e. The number of unbranched alkanes of at least 4 members (excludes halogenated alkanes) is 1. The molecule has 1 aliphatic heterocycles. The van der Waals surface area contributed by atoms with E-state index in [4.69, 9.17) is 0 Å². The Morgan fingerprint density at radius 3 is 2.52 bits per heavy atom. The van der Waals surface area contributed by atoms with E-state index in [9.17, 15) is 4.79 Å². The third-order valence-corrected chi connectivity index (χ3v) is 5.84. The van der Waals surface area contributed by atoms with Crippen LogP contribution in [0.25, 0.3) is 11.3 Å². The second-order valence-electron chi connectivity index (χ2n) is 8.07. The van der Waals surface area contributed by atoms with E-state index in [-0.39, 0.29) is 11.8 Å². The Morgan fingerprint density at radius 1 is 1.06 bits per heavy atom. The van der Waals surface area contributed by atoms with E-state index < -0.39 is 0 Å². The fourth-order valence-electron chi connectivity index (χ4n) is 3.91. The Kier molecular flexibility index (Phi) is 6.87. The average Bonchev–Trinajstić information content (AvgIpc) is 2.84. The molecule has 1 saturated heterocycles. The third-order valence-electron chi connectivity index (χ3n) is 5.84. The second-order valence-corrected chi connectivity index (χ2v) is 8.07. The summed E-state index contributed by atoms with van der Waals surface area (Å²) in [5, 5.41) is 11.8. The second kappa shape index (κ2) is 10.2. The fraction of sp³-hybridized carbons (Fsp3) is 0.360. The summed E-state index contributed by atoms with van der Waals surface area (Å²) in [7, 11) is 0. The van der Waals surface area contributed by atoms with Gasteiger partial charge in [-0.1, -0.05) is 25.5 Å². The number of nitrogens with one attached hydrogen (secondary N) is 1. The van der Waals surface area contributed by atoms with Gasteiger partial charge in [-0.3, -0.25) is 9.78 Å². The SMILES string of the molecule is CCCCc1ccc(NC(=O)C2CCN(c3ccc(-c4cccnc4)nn3)CC2)cc1. The van der Waals surface area contributed by atoms with Crippen LogP contribution in [0.5, 0.6) is 0 Å². The minimum Gasteiger partial charge on any atom is -0.355 e. The molecule has 160 valence electrons. The van der Waals surface area contributed by atoms with Crippen molar-refractivity contribution in [2.75, 3.05) is 23.3 Å². The monoisotopic (exact) mass is 415 g/mol. The predicted octanol–water partition coefficient (Wildman–Crippen LogP) is 4.74. The number of carbonyl (C=O) groups excluding carboxylic acids is 1. The molecule has 0 bridgehead atoms. The molecule has 2 aromatic heterocycles. The molecular formula is C25H29N5O. The van der Waals surface area contributed by atoms with Gasteiger partial charge in [0.2, 0.25) is 5.91 Å². The van der Waals surface area contributed by atoms with Crippen LogP contribution in [0.3, 0.4) is 0 Å². The third kappa shape index (κ3) is 5.45. The van der Waals surface area contributed by atoms with Crippen molar-refractivity contribution < 1.29 is 4.79 Å². The molecule has 3 heterocycles. The number of piperidine rings is 1. The van der Waals surface area contributed by atoms with Gasteiger partial charge in [0.25, 0.3) is 0 Å². The van der Waals surface area contributed by atoms with E-state index in [1.807, 2.05) is 36.4 Å². The Hall–Kier alpha value is -3.28. The fourth-order valence-corrected chi connectivity index (χ4v) is 3.91. The number of hydrogen-bond donors (Lipinski definition) is 1. The summed E-state index contributed by atoms with van der Waals surface area (Å²) in [5.41, 5.74) is 3.97. The van der Waals surface area contributed by atoms with Gasteiger partial charge in [-0.05, 0) is 67.6 Å².